The average Bonchev–Trinajstić information content (AvgIpc) is 2.92. The number of fused-ring (bicyclic) bond motifs is 2. The topological polar surface area (TPSA) is 99.6 Å². The second-order valence-corrected chi connectivity index (χ2v) is 9.60. The summed E-state index contributed by atoms with van der Waals surface area (Å²) in [6, 6.07) is 23.7. The predicted molar refractivity (Wildman–Crippen MR) is 152 cm³/mol. The number of hydrogen-bond acceptors (Lipinski definition) is 6. The van der Waals surface area contributed by atoms with E-state index in [1.807, 2.05) is 55.5 Å². The molecule has 0 N–H and O–H groups in total. The van der Waals surface area contributed by atoms with Crippen LogP contribution in [0.1, 0.15) is 30.3 Å². The Hall–Kier alpha value is -4.37. The van der Waals surface area contributed by atoms with Gasteiger partial charge in [0.15, 0.2) is 0 Å². The molecule has 0 saturated carbocycles. The SMILES string of the molecule is CCCc1nc2ccc(Br)cc2c(=O)n1N=Cc1cccc([N+](=O)[O-])c1OCc1cccc2ccccc12. The maximum atomic E-state index is 13.3. The molecule has 0 atom stereocenters. The van der Waals surface area contributed by atoms with E-state index in [2.05, 4.69) is 26.0 Å². The van der Waals surface area contributed by atoms with Crippen molar-refractivity contribution < 1.29 is 9.66 Å². The molecule has 0 saturated heterocycles. The van der Waals surface area contributed by atoms with Crippen molar-refractivity contribution in [3.63, 3.8) is 0 Å². The Morgan fingerprint density at radius 2 is 1.84 bits per heavy atom. The lowest BCUT2D eigenvalue weighted by Gasteiger charge is -2.12. The van der Waals surface area contributed by atoms with Crippen molar-refractivity contribution in [3.8, 4) is 5.75 Å². The van der Waals surface area contributed by atoms with Gasteiger partial charge in [-0.25, -0.2) is 4.98 Å². The molecule has 5 rings (SSSR count). The average molecular weight is 571 g/mol. The lowest BCUT2D eigenvalue weighted by atomic mass is 10.1. The first-order chi connectivity index (χ1) is 18.5. The molecule has 0 fully saturated rings. The number of para-hydroxylation sites is 1. The number of benzene rings is 4. The first-order valence-electron chi connectivity index (χ1n) is 12.1. The van der Waals surface area contributed by atoms with E-state index in [1.165, 1.54) is 17.0 Å². The highest BCUT2D eigenvalue weighted by molar-refractivity contribution is 9.10. The Bertz CT molecular complexity index is 1760. The second-order valence-electron chi connectivity index (χ2n) is 8.68. The van der Waals surface area contributed by atoms with Crippen molar-refractivity contribution in [1.29, 1.82) is 0 Å². The molecule has 0 radical (unpaired) electrons. The molecule has 0 bridgehead atoms. The van der Waals surface area contributed by atoms with E-state index in [1.54, 1.807) is 24.3 Å². The van der Waals surface area contributed by atoms with Crippen LogP contribution in [0.4, 0.5) is 5.69 Å². The van der Waals surface area contributed by atoms with Crippen LogP contribution >= 0.6 is 15.9 Å². The van der Waals surface area contributed by atoms with Crippen LogP contribution < -0.4 is 10.3 Å². The van der Waals surface area contributed by atoms with E-state index in [-0.39, 0.29) is 23.6 Å². The number of aryl methyl sites for hydroxylation is 1. The molecular formula is C29H23BrN4O4. The van der Waals surface area contributed by atoms with Gasteiger partial charge in [0.1, 0.15) is 12.4 Å². The molecule has 0 aliphatic heterocycles. The molecule has 0 unspecified atom stereocenters. The van der Waals surface area contributed by atoms with Crippen molar-refractivity contribution in [2.45, 2.75) is 26.4 Å². The maximum Gasteiger partial charge on any atom is 0.311 e. The molecule has 8 nitrogen and oxygen atoms in total. The monoisotopic (exact) mass is 570 g/mol. The van der Waals surface area contributed by atoms with Gasteiger partial charge in [0.25, 0.3) is 5.56 Å². The Kier molecular flexibility index (Phi) is 7.28. The zero-order valence-corrected chi connectivity index (χ0v) is 22.1. The third kappa shape index (κ3) is 5.05. The number of nitro benzene ring substituents is 1. The van der Waals surface area contributed by atoms with Crippen molar-refractivity contribution in [2.24, 2.45) is 5.10 Å². The summed E-state index contributed by atoms with van der Waals surface area (Å²) in [5, 5.41) is 18.8. The fourth-order valence-corrected chi connectivity index (χ4v) is 4.69. The zero-order valence-electron chi connectivity index (χ0n) is 20.5. The van der Waals surface area contributed by atoms with Crippen molar-refractivity contribution in [3.05, 3.63) is 121 Å². The first kappa shape index (κ1) is 25.3. The predicted octanol–water partition coefficient (Wildman–Crippen LogP) is 6.63. The Morgan fingerprint density at radius 1 is 1.05 bits per heavy atom. The molecule has 0 aliphatic rings. The minimum Gasteiger partial charge on any atom is -0.481 e. The Morgan fingerprint density at radius 3 is 2.66 bits per heavy atom. The largest absolute Gasteiger partial charge is 0.481 e. The van der Waals surface area contributed by atoms with Gasteiger partial charge in [-0.05, 0) is 47.0 Å². The van der Waals surface area contributed by atoms with Crippen LogP contribution in [-0.2, 0) is 13.0 Å². The van der Waals surface area contributed by atoms with Crippen LogP contribution in [0.25, 0.3) is 21.7 Å². The maximum absolute atomic E-state index is 13.3. The molecule has 190 valence electrons. The van der Waals surface area contributed by atoms with E-state index < -0.39 is 4.92 Å². The Labute approximate surface area is 226 Å². The van der Waals surface area contributed by atoms with Crippen LogP contribution in [-0.4, -0.2) is 20.8 Å². The minimum atomic E-state index is -0.487. The number of rotatable bonds is 8. The third-order valence-electron chi connectivity index (χ3n) is 6.13. The van der Waals surface area contributed by atoms with E-state index in [4.69, 9.17) is 4.74 Å². The normalized spacial score (nSPS) is 11.4. The number of halogens is 1. The van der Waals surface area contributed by atoms with Crippen LogP contribution in [0.3, 0.4) is 0 Å². The number of ether oxygens (including phenoxy) is 1. The van der Waals surface area contributed by atoms with Gasteiger partial charge < -0.3 is 4.74 Å². The quantitative estimate of drug-likeness (QED) is 0.118. The highest BCUT2D eigenvalue weighted by Gasteiger charge is 2.19. The van der Waals surface area contributed by atoms with E-state index in [0.29, 0.717) is 28.7 Å². The van der Waals surface area contributed by atoms with Gasteiger partial charge in [-0.15, -0.1) is 0 Å². The van der Waals surface area contributed by atoms with Gasteiger partial charge >= 0.3 is 5.69 Å². The smallest absolute Gasteiger partial charge is 0.311 e. The highest BCUT2D eigenvalue weighted by atomic mass is 79.9. The van der Waals surface area contributed by atoms with Crippen molar-refractivity contribution in [1.82, 2.24) is 9.66 Å². The number of aromatic nitrogens is 2. The summed E-state index contributed by atoms with van der Waals surface area (Å²) < 4.78 is 8.07. The molecule has 38 heavy (non-hydrogen) atoms. The zero-order chi connectivity index (χ0) is 26.6. The minimum absolute atomic E-state index is 0.0794. The second kappa shape index (κ2) is 10.9. The summed E-state index contributed by atoms with van der Waals surface area (Å²) >= 11 is 3.40. The van der Waals surface area contributed by atoms with Gasteiger partial charge in [-0.3, -0.25) is 14.9 Å². The summed E-state index contributed by atoms with van der Waals surface area (Å²) in [4.78, 5) is 29.4. The molecule has 0 amide bonds. The Balaban J connectivity index is 1.57. The number of nitrogens with zero attached hydrogens (tertiary/aromatic N) is 4. The first-order valence-corrected chi connectivity index (χ1v) is 12.9. The molecule has 1 aromatic heterocycles. The molecule has 0 spiro atoms. The summed E-state index contributed by atoms with van der Waals surface area (Å²) in [7, 11) is 0. The van der Waals surface area contributed by atoms with Gasteiger partial charge in [-0.1, -0.05) is 71.4 Å². The van der Waals surface area contributed by atoms with Gasteiger partial charge in [-0.2, -0.15) is 9.78 Å². The molecule has 5 aromatic rings. The van der Waals surface area contributed by atoms with E-state index in [0.717, 1.165) is 27.2 Å². The van der Waals surface area contributed by atoms with E-state index >= 15 is 0 Å². The van der Waals surface area contributed by atoms with Crippen LogP contribution in [0.5, 0.6) is 5.75 Å². The fourth-order valence-electron chi connectivity index (χ4n) is 4.33. The van der Waals surface area contributed by atoms with Gasteiger partial charge in [0.05, 0.1) is 22.0 Å². The van der Waals surface area contributed by atoms with Crippen molar-refractivity contribution in [2.75, 3.05) is 0 Å². The molecular weight excluding hydrogens is 548 g/mol. The number of nitro groups is 1. The van der Waals surface area contributed by atoms with Gasteiger partial charge in [0.2, 0.25) is 5.75 Å². The third-order valence-corrected chi connectivity index (χ3v) is 6.63. The van der Waals surface area contributed by atoms with Crippen LogP contribution in [0.15, 0.2) is 93.2 Å². The number of hydrogen-bond donors (Lipinski definition) is 0. The summed E-state index contributed by atoms with van der Waals surface area (Å²) in [6.07, 6.45) is 2.72. The van der Waals surface area contributed by atoms with Crippen LogP contribution in [0, 0.1) is 10.1 Å². The standard InChI is InChI=1S/C29H23BrN4O4/c1-2-7-27-32-25-15-14-22(30)16-24(25)29(35)33(27)31-17-20-10-6-13-26(34(36)37)28(20)38-18-21-11-5-9-19-8-3-4-12-23(19)21/h3-6,8-17H,2,7,18H2,1H3. The fraction of sp³-hybridized carbons (Fsp3) is 0.138. The summed E-state index contributed by atoms with van der Waals surface area (Å²) in [5.41, 5.74) is 1.36. The van der Waals surface area contributed by atoms with E-state index in [9.17, 15) is 14.9 Å². The lowest BCUT2D eigenvalue weighted by Crippen LogP contribution is -2.22. The highest BCUT2D eigenvalue weighted by Crippen LogP contribution is 2.31. The van der Waals surface area contributed by atoms with Crippen molar-refractivity contribution >= 4 is 49.5 Å². The lowest BCUT2D eigenvalue weighted by molar-refractivity contribution is -0.385. The van der Waals surface area contributed by atoms with Crippen LogP contribution in [0.2, 0.25) is 0 Å². The van der Waals surface area contributed by atoms with Gasteiger partial charge in [0, 0.05) is 22.5 Å². The summed E-state index contributed by atoms with van der Waals surface area (Å²) in [5.74, 6) is 0.586. The molecule has 9 heteroatoms. The molecule has 1 heterocycles. The summed E-state index contributed by atoms with van der Waals surface area (Å²) in [6.45, 7) is 2.12. The molecule has 4 aromatic carbocycles. The molecule has 0 aliphatic carbocycles.